The van der Waals surface area contributed by atoms with Crippen LogP contribution in [0.3, 0.4) is 0 Å². The summed E-state index contributed by atoms with van der Waals surface area (Å²) in [4.78, 5) is 12.4. The van der Waals surface area contributed by atoms with Gasteiger partial charge in [-0.3, -0.25) is 4.79 Å². The van der Waals surface area contributed by atoms with Crippen molar-refractivity contribution in [3.63, 3.8) is 0 Å². The Balaban J connectivity index is 2.38. The molecule has 0 aliphatic heterocycles. The number of hydrogen-bond donors (Lipinski definition) is 1. The third-order valence-corrected chi connectivity index (χ3v) is 3.02. The molecule has 3 nitrogen and oxygen atoms in total. The normalized spacial score (nSPS) is 11.2. The van der Waals surface area contributed by atoms with Crippen LogP contribution < -0.4 is 10.7 Å². The Bertz CT molecular complexity index is 774. The molecule has 0 bridgehead atoms. The maximum atomic E-state index is 12.4. The molecule has 3 rings (SSSR count). The second-order valence-electron chi connectivity index (χ2n) is 4.29. The summed E-state index contributed by atoms with van der Waals surface area (Å²) in [5, 5.41) is 4.34. The molecule has 1 aromatic heterocycles. The molecule has 0 radical (unpaired) electrons. The molecule has 0 aliphatic carbocycles. The minimum absolute atomic E-state index is 0.0322. The van der Waals surface area contributed by atoms with Crippen LogP contribution in [0.5, 0.6) is 0 Å². The van der Waals surface area contributed by atoms with E-state index in [0.717, 1.165) is 12.1 Å². The van der Waals surface area contributed by atoms with E-state index in [-0.39, 0.29) is 5.43 Å². The summed E-state index contributed by atoms with van der Waals surface area (Å²) in [6, 6.07) is 13.1. The third kappa shape index (κ3) is 1.69. The van der Waals surface area contributed by atoms with Gasteiger partial charge in [-0.15, -0.1) is 0 Å². The van der Waals surface area contributed by atoms with Gasteiger partial charge in [-0.05, 0) is 36.9 Å². The van der Waals surface area contributed by atoms with Gasteiger partial charge < -0.3 is 9.73 Å². The van der Waals surface area contributed by atoms with Crippen LogP contribution in [0.15, 0.2) is 51.7 Å². The quantitative estimate of drug-likeness (QED) is 0.699. The molecule has 18 heavy (non-hydrogen) atoms. The average molecular weight is 239 g/mol. The zero-order valence-electron chi connectivity index (χ0n) is 10.1. The summed E-state index contributed by atoms with van der Waals surface area (Å²) in [6.45, 7) is 0.738. The highest BCUT2D eigenvalue weighted by Gasteiger charge is 2.07. The smallest absolute Gasteiger partial charge is 0.200 e. The maximum absolute atomic E-state index is 12.4. The molecule has 0 saturated carbocycles. The Kier molecular flexibility index (Phi) is 2.61. The Morgan fingerprint density at radius 1 is 1.06 bits per heavy atom. The molecule has 0 fully saturated rings. The summed E-state index contributed by atoms with van der Waals surface area (Å²) in [5.41, 5.74) is 2.38. The molecule has 0 amide bonds. The van der Waals surface area contributed by atoms with Gasteiger partial charge in [-0.1, -0.05) is 18.2 Å². The fraction of sp³-hybridized carbons (Fsp3) is 0.133. The van der Waals surface area contributed by atoms with Gasteiger partial charge in [0.15, 0.2) is 0 Å². The number of fused-ring (bicyclic) bond motifs is 2. The van der Waals surface area contributed by atoms with E-state index >= 15 is 0 Å². The minimum atomic E-state index is 0.0322. The first-order chi connectivity index (χ1) is 8.79. The highest BCUT2D eigenvalue weighted by Crippen LogP contribution is 2.19. The van der Waals surface area contributed by atoms with Gasteiger partial charge in [0.2, 0.25) is 5.43 Å². The zero-order chi connectivity index (χ0) is 12.5. The summed E-state index contributed by atoms with van der Waals surface area (Å²) in [5.74, 6) is 0. The molecule has 0 atom stereocenters. The lowest BCUT2D eigenvalue weighted by Crippen LogP contribution is -2.07. The first kappa shape index (κ1) is 11.0. The van der Waals surface area contributed by atoms with Crippen molar-refractivity contribution < 1.29 is 4.42 Å². The third-order valence-electron chi connectivity index (χ3n) is 3.02. The van der Waals surface area contributed by atoms with Gasteiger partial charge in [0.05, 0.1) is 10.8 Å². The molecule has 0 spiro atoms. The van der Waals surface area contributed by atoms with Crippen LogP contribution in [0, 0.1) is 0 Å². The van der Waals surface area contributed by atoms with E-state index < -0.39 is 0 Å². The molecular formula is C15H13NO2. The fourth-order valence-electron chi connectivity index (χ4n) is 2.16. The average Bonchev–Trinajstić information content (AvgIpc) is 2.40. The van der Waals surface area contributed by atoms with Gasteiger partial charge in [0.25, 0.3) is 0 Å². The molecule has 90 valence electrons. The summed E-state index contributed by atoms with van der Waals surface area (Å²) < 4.78 is 5.74. The summed E-state index contributed by atoms with van der Waals surface area (Å²) in [6.07, 6.45) is 0. The van der Waals surface area contributed by atoms with Crippen molar-refractivity contribution in [2.45, 2.75) is 6.54 Å². The van der Waals surface area contributed by atoms with Crippen LogP contribution in [-0.2, 0) is 6.54 Å². The zero-order valence-corrected chi connectivity index (χ0v) is 10.1. The van der Waals surface area contributed by atoms with E-state index in [1.807, 2.05) is 43.4 Å². The SMILES string of the molecule is CNCc1ccc2oc3ccccc3c(=O)c2c1. The molecule has 0 unspecified atom stereocenters. The Labute approximate surface area is 104 Å². The lowest BCUT2D eigenvalue weighted by Gasteiger charge is -2.04. The predicted octanol–water partition coefficient (Wildman–Crippen LogP) is 2.67. The van der Waals surface area contributed by atoms with E-state index in [9.17, 15) is 4.79 Å². The van der Waals surface area contributed by atoms with Crippen molar-refractivity contribution in [3.8, 4) is 0 Å². The van der Waals surface area contributed by atoms with Crippen molar-refractivity contribution in [2.24, 2.45) is 0 Å². The molecule has 2 aromatic carbocycles. The monoisotopic (exact) mass is 239 g/mol. The predicted molar refractivity (Wildman–Crippen MR) is 72.8 cm³/mol. The van der Waals surface area contributed by atoms with E-state index in [1.165, 1.54) is 0 Å². The molecule has 3 aromatic rings. The highest BCUT2D eigenvalue weighted by atomic mass is 16.3. The highest BCUT2D eigenvalue weighted by molar-refractivity contribution is 5.89. The number of para-hydroxylation sites is 1. The van der Waals surface area contributed by atoms with Gasteiger partial charge in [0.1, 0.15) is 11.2 Å². The van der Waals surface area contributed by atoms with Crippen molar-refractivity contribution >= 4 is 21.9 Å². The van der Waals surface area contributed by atoms with Crippen molar-refractivity contribution in [3.05, 3.63) is 58.3 Å². The largest absolute Gasteiger partial charge is 0.456 e. The molecule has 0 saturated heterocycles. The van der Waals surface area contributed by atoms with E-state index in [2.05, 4.69) is 5.32 Å². The molecular weight excluding hydrogens is 226 g/mol. The Hall–Kier alpha value is -2.13. The number of benzene rings is 2. The summed E-state index contributed by atoms with van der Waals surface area (Å²) >= 11 is 0. The van der Waals surface area contributed by atoms with E-state index in [4.69, 9.17) is 4.42 Å². The fourth-order valence-corrected chi connectivity index (χ4v) is 2.16. The maximum Gasteiger partial charge on any atom is 0.200 e. The second kappa shape index (κ2) is 4.27. The van der Waals surface area contributed by atoms with Gasteiger partial charge >= 0.3 is 0 Å². The topological polar surface area (TPSA) is 42.2 Å². The van der Waals surface area contributed by atoms with Gasteiger partial charge in [-0.2, -0.15) is 0 Å². The molecule has 3 heteroatoms. The van der Waals surface area contributed by atoms with Gasteiger partial charge in [-0.25, -0.2) is 0 Å². The minimum Gasteiger partial charge on any atom is -0.456 e. The van der Waals surface area contributed by atoms with E-state index in [1.54, 1.807) is 6.07 Å². The van der Waals surface area contributed by atoms with E-state index in [0.29, 0.717) is 21.9 Å². The number of nitrogens with one attached hydrogen (secondary N) is 1. The number of hydrogen-bond acceptors (Lipinski definition) is 3. The lowest BCUT2D eigenvalue weighted by atomic mass is 10.1. The first-order valence-electron chi connectivity index (χ1n) is 5.88. The standard InChI is InChI=1S/C15H13NO2/c1-16-9-10-6-7-14-12(8-10)15(17)11-4-2-3-5-13(11)18-14/h2-8,16H,9H2,1H3. The van der Waals surface area contributed by atoms with Crippen LogP contribution in [0.25, 0.3) is 21.9 Å². The van der Waals surface area contributed by atoms with Crippen LogP contribution in [0.2, 0.25) is 0 Å². The Morgan fingerprint density at radius 2 is 1.83 bits per heavy atom. The number of rotatable bonds is 2. The van der Waals surface area contributed by atoms with Crippen molar-refractivity contribution in [2.75, 3.05) is 7.05 Å². The van der Waals surface area contributed by atoms with Crippen LogP contribution in [0.1, 0.15) is 5.56 Å². The van der Waals surface area contributed by atoms with Crippen LogP contribution >= 0.6 is 0 Å². The lowest BCUT2D eigenvalue weighted by molar-refractivity contribution is 0.659. The van der Waals surface area contributed by atoms with Gasteiger partial charge in [0, 0.05) is 6.54 Å². The second-order valence-corrected chi connectivity index (χ2v) is 4.29. The molecule has 1 heterocycles. The van der Waals surface area contributed by atoms with Crippen LogP contribution in [0.4, 0.5) is 0 Å². The Morgan fingerprint density at radius 3 is 2.67 bits per heavy atom. The molecule has 0 aliphatic rings. The molecule has 1 N–H and O–H groups in total. The van der Waals surface area contributed by atoms with Crippen LogP contribution in [-0.4, -0.2) is 7.05 Å². The van der Waals surface area contributed by atoms with Crippen molar-refractivity contribution in [1.29, 1.82) is 0 Å². The van der Waals surface area contributed by atoms with Crippen molar-refractivity contribution in [1.82, 2.24) is 5.32 Å². The summed E-state index contributed by atoms with van der Waals surface area (Å²) in [7, 11) is 1.88. The first-order valence-corrected chi connectivity index (χ1v) is 5.88.